The summed E-state index contributed by atoms with van der Waals surface area (Å²) in [6, 6.07) is 4.96. The monoisotopic (exact) mass is 371 g/mol. The summed E-state index contributed by atoms with van der Waals surface area (Å²) in [4.78, 5) is 30.3. The summed E-state index contributed by atoms with van der Waals surface area (Å²) < 4.78 is 10.6. The summed E-state index contributed by atoms with van der Waals surface area (Å²) >= 11 is 0. The molecule has 2 atom stereocenters. The number of Topliss-reactive ketones (excluding diaryl/α,β-unsaturated/α-hetero) is 1. The normalized spacial score (nSPS) is 22.2. The maximum Gasteiger partial charge on any atom is 0.315 e. The van der Waals surface area contributed by atoms with Gasteiger partial charge in [-0.1, -0.05) is 13.0 Å². The number of allylic oxidation sites excluding steroid dienone is 2. The number of hydrogen-bond donors (Lipinski definition) is 1. The molecule has 1 aliphatic heterocycles. The van der Waals surface area contributed by atoms with Crippen LogP contribution in [-0.4, -0.2) is 36.3 Å². The summed E-state index contributed by atoms with van der Waals surface area (Å²) in [5.41, 5.74) is 2.86. The van der Waals surface area contributed by atoms with E-state index in [-0.39, 0.29) is 24.1 Å². The van der Waals surface area contributed by atoms with E-state index in [0.717, 1.165) is 29.8 Å². The molecule has 1 unspecified atom stereocenters. The highest BCUT2D eigenvalue weighted by atomic mass is 16.5. The summed E-state index contributed by atoms with van der Waals surface area (Å²) in [6.07, 6.45) is 2.55. The number of ketones is 1. The lowest BCUT2D eigenvalue weighted by Crippen LogP contribution is -2.38. The first-order valence-corrected chi connectivity index (χ1v) is 9.39. The Morgan fingerprint density at radius 3 is 2.74 bits per heavy atom. The molecule has 0 amide bonds. The van der Waals surface area contributed by atoms with Crippen molar-refractivity contribution in [3.8, 4) is 11.5 Å². The van der Waals surface area contributed by atoms with Gasteiger partial charge in [-0.3, -0.25) is 14.6 Å². The number of ether oxygens (including phenoxy) is 2. The quantitative estimate of drug-likeness (QED) is 0.800. The van der Waals surface area contributed by atoms with Crippen LogP contribution in [0.5, 0.6) is 11.5 Å². The van der Waals surface area contributed by atoms with Gasteiger partial charge in [0.1, 0.15) is 5.92 Å². The zero-order chi connectivity index (χ0) is 19.6. The van der Waals surface area contributed by atoms with Crippen molar-refractivity contribution in [1.29, 1.82) is 0 Å². The highest BCUT2D eigenvalue weighted by Crippen LogP contribution is 2.45. The van der Waals surface area contributed by atoms with E-state index in [9.17, 15) is 14.7 Å². The zero-order valence-corrected chi connectivity index (χ0v) is 15.9. The van der Waals surface area contributed by atoms with Crippen LogP contribution in [0.25, 0.3) is 0 Å². The van der Waals surface area contributed by atoms with Crippen molar-refractivity contribution < 1.29 is 24.2 Å². The average molecular weight is 371 g/mol. The summed E-state index contributed by atoms with van der Waals surface area (Å²) in [5.74, 6) is -1.15. The minimum absolute atomic E-state index is 0.0123. The van der Waals surface area contributed by atoms with Crippen molar-refractivity contribution in [2.45, 2.75) is 45.4 Å². The molecule has 1 heterocycles. The number of aliphatic imine (C=N–C) groups is 1. The van der Waals surface area contributed by atoms with E-state index in [1.165, 1.54) is 13.2 Å². The first kappa shape index (κ1) is 19.1. The molecule has 1 aliphatic carbocycles. The number of rotatable bonds is 5. The lowest BCUT2D eigenvalue weighted by atomic mass is 9.71. The number of phenols is 1. The molecule has 0 saturated carbocycles. The standard InChI is InChI=1S/C21H25NO5/c1-4-13-20(21(25)27-5-2)18(12-9-10-15(23)17(11-12)26-3)19-14(22-13)7-6-8-16(19)24/h9-11,18,20,23H,4-8H2,1-3H3/t18-,20?/m0/s1. The molecule has 0 fully saturated rings. The van der Waals surface area contributed by atoms with E-state index in [0.29, 0.717) is 24.2 Å². The van der Waals surface area contributed by atoms with Crippen molar-refractivity contribution in [1.82, 2.24) is 0 Å². The van der Waals surface area contributed by atoms with Crippen molar-refractivity contribution in [3.05, 3.63) is 35.0 Å². The lowest BCUT2D eigenvalue weighted by Gasteiger charge is -2.35. The highest BCUT2D eigenvalue weighted by molar-refractivity contribution is 6.09. The summed E-state index contributed by atoms with van der Waals surface area (Å²) in [6.45, 7) is 3.98. The molecular formula is C21H25NO5. The van der Waals surface area contributed by atoms with Gasteiger partial charge in [0.25, 0.3) is 0 Å². The number of aromatic hydroxyl groups is 1. The first-order valence-electron chi connectivity index (χ1n) is 9.39. The third-order valence-electron chi connectivity index (χ3n) is 5.18. The van der Waals surface area contributed by atoms with Gasteiger partial charge in [-0.2, -0.15) is 0 Å². The molecular weight excluding hydrogens is 346 g/mol. The van der Waals surface area contributed by atoms with Crippen molar-refractivity contribution >= 4 is 17.5 Å². The van der Waals surface area contributed by atoms with Crippen LogP contribution in [0.15, 0.2) is 34.5 Å². The van der Waals surface area contributed by atoms with Crippen LogP contribution in [0, 0.1) is 5.92 Å². The Kier molecular flexibility index (Phi) is 5.63. The number of benzene rings is 1. The maximum absolute atomic E-state index is 12.8. The molecule has 2 aliphatic rings. The van der Waals surface area contributed by atoms with Gasteiger partial charge in [-0.25, -0.2) is 0 Å². The predicted octanol–water partition coefficient (Wildman–Crippen LogP) is 3.54. The number of nitrogens with zero attached hydrogens (tertiary/aromatic N) is 1. The van der Waals surface area contributed by atoms with Gasteiger partial charge >= 0.3 is 5.97 Å². The molecule has 3 rings (SSSR count). The highest BCUT2D eigenvalue weighted by Gasteiger charge is 2.44. The topological polar surface area (TPSA) is 85.2 Å². The Balaban J connectivity index is 2.20. The van der Waals surface area contributed by atoms with Gasteiger partial charge in [0.05, 0.1) is 13.7 Å². The van der Waals surface area contributed by atoms with Crippen LogP contribution in [0.4, 0.5) is 0 Å². The van der Waals surface area contributed by atoms with Crippen LogP contribution in [-0.2, 0) is 14.3 Å². The summed E-state index contributed by atoms with van der Waals surface area (Å²) in [5, 5.41) is 9.96. The van der Waals surface area contributed by atoms with Crippen LogP contribution in [0.3, 0.4) is 0 Å². The molecule has 0 saturated heterocycles. The summed E-state index contributed by atoms with van der Waals surface area (Å²) in [7, 11) is 1.47. The molecule has 1 aromatic carbocycles. The van der Waals surface area contributed by atoms with E-state index in [1.54, 1.807) is 19.1 Å². The van der Waals surface area contributed by atoms with Crippen LogP contribution < -0.4 is 4.74 Å². The Morgan fingerprint density at radius 2 is 2.07 bits per heavy atom. The fourth-order valence-corrected chi connectivity index (χ4v) is 3.97. The van der Waals surface area contributed by atoms with Crippen LogP contribution >= 0.6 is 0 Å². The Hall–Kier alpha value is -2.63. The maximum atomic E-state index is 12.8. The van der Waals surface area contributed by atoms with Gasteiger partial charge in [0.2, 0.25) is 0 Å². The Labute approximate surface area is 158 Å². The van der Waals surface area contributed by atoms with Crippen molar-refractivity contribution in [2.24, 2.45) is 10.9 Å². The second-order valence-corrected chi connectivity index (χ2v) is 6.73. The van der Waals surface area contributed by atoms with E-state index in [2.05, 4.69) is 4.99 Å². The lowest BCUT2D eigenvalue weighted by molar-refractivity contribution is -0.146. The predicted molar refractivity (Wildman–Crippen MR) is 101 cm³/mol. The fraction of sp³-hybridized carbons (Fsp3) is 0.476. The fourth-order valence-electron chi connectivity index (χ4n) is 3.97. The van der Waals surface area contributed by atoms with E-state index in [1.807, 2.05) is 6.92 Å². The zero-order valence-electron chi connectivity index (χ0n) is 15.9. The number of methoxy groups -OCH3 is 1. The molecule has 0 bridgehead atoms. The number of esters is 1. The van der Waals surface area contributed by atoms with Crippen molar-refractivity contribution in [3.63, 3.8) is 0 Å². The SMILES string of the molecule is CCOC(=O)C1C(CC)=NC2=C(C(=O)CCC2)[C@@H]1c1ccc(O)c(OC)c1. The third-order valence-corrected chi connectivity index (χ3v) is 5.18. The molecule has 1 N–H and O–H groups in total. The number of carbonyl (C=O) groups excluding carboxylic acids is 2. The molecule has 0 spiro atoms. The Bertz CT molecular complexity index is 824. The average Bonchev–Trinajstić information content (AvgIpc) is 2.67. The molecule has 6 heteroatoms. The van der Waals surface area contributed by atoms with Crippen LogP contribution in [0.2, 0.25) is 0 Å². The molecule has 0 radical (unpaired) electrons. The molecule has 1 aromatic rings. The Morgan fingerprint density at radius 1 is 1.30 bits per heavy atom. The van der Waals surface area contributed by atoms with Crippen LogP contribution in [0.1, 0.15) is 51.0 Å². The van der Waals surface area contributed by atoms with Gasteiger partial charge in [-0.05, 0) is 43.9 Å². The second kappa shape index (κ2) is 7.94. The van der Waals surface area contributed by atoms with Crippen molar-refractivity contribution in [2.75, 3.05) is 13.7 Å². The smallest absolute Gasteiger partial charge is 0.315 e. The molecule has 6 nitrogen and oxygen atoms in total. The van der Waals surface area contributed by atoms with Gasteiger partial charge in [-0.15, -0.1) is 0 Å². The van der Waals surface area contributed by atoms with E-state index >= 15 is 0 Å². The first-order chi connectivity index (χ1) is 13.0. The largest absolute Gasteiger partial charge is 0.504 e. The van der Waals surface area contributed by atoms with E-state index in [4.69, 9.17) is 9.47 Å². The molecule has 27 heavy (non-hydrogen) atoms. The van der Waals surface area contributed by atoms with E-state index < -0.39 is 11.8 Å². The van der Waals surface area contributed by atoms with Gasteiger partial charge in [0, 0.05) is 29.3 Å². The second-order valence-electron chi connectivity index (χ2n) is 6.73. The number of carbonyl (C=O) groups is 2. The van der Waals surface area contributed by atoms with Gasteiger partial charge in [0.15, 0.2) is 17.3 Å². The molecule has 0 aromatic heterocycles. The third kappa shape index (κ3) is 3.48. The van der Waals surface area contributed by atoms with Gasteiger partial charge < -0.3 is 14.6 Å². The number of phenolic OH excluding ortho intramolecular Hbond substituents is 1. The molecule has 144 valence electrons. The minimum atomic E-state index is -0.648. The number of hydrogen-bond acceptors (Lipinski definition) is 6. The minimum Gasteiger partial charge on any atom is -0.504 e.